The van der Waals surface area contributed by atoms with Crippen molar-refractivity contribution in [2.24, 2.45) is 0 Å². The number of benzene rings is 1. The van der Waals surface area contributed by atoms with Gasteiger partial charge in [0, 0.05) is 44.1 Å². The quantitative estimate of drug-likeness (QED) is 0.689. The van der Waals surface area contributed by atoms with E-state index in [4.69, 9.17) is 0 Å². The molecule has 9 heteroatoms. The molecule has 4 rings (SSSR count). The van der Waals surface area contributed by atoms with Crippen molar-refractivity contribution in [2.75, 3.05) is 37.6 Å². The molecule has 148 valence electrons. The third-order valence-electron chi connectivity index (χ3n) is 4.77. The van der Waals surface area contributed by atoms with Gasteiger partial charge in [-0.2, -0.15) is 5.10 Å². The maximum Gasteiger partial charge on any atom is 0.251 e. The molecule has 29 heavy (non-hydrogen) atoms. The van der Waals surface area contributed by atoms with Crippen molar-refractivity contribution in [3.05, 3.63) is 66.5 Å². The second kappa shape index (κ2) is 8.51. The van der Waals surface area contributed by atoms with Gasteiger partial charge in [0.15, 0.2) is 11.6 Å². The van der Waals surface area contributed by atoms with Gasteiger partial charge < -0.3 is 15.1 Å². The number of nitrogens with one attached hydrogen (secondary N) is 1. The topological polar surface area (TPSA) is 96.2 Å². The van der Waals surface area contributed by atoms with Crippen LogP contribution in [0.25, 0.3) is 5.82 Å². The van der Waals surface area contributed by atoms with E-state index in [1.54, 1.807) is 40.0 Å². The molecule has 0 unspecified atom stereocenters. The number of hydrogen-bond acceptors (Lipinski definition) is 6. The minimum absolute atomic E-state index is 0.00784. The Morgan fingerprint density at radius 2 is 1.62 bits per heavy atom. The lowest BCUT2D eigenvalue weighted by atomic mass is 10.2. The molecule has 3 heterocycles. The van der Waals surface area contributed by atoms with Crippen LogP contribution in [0.15, 0.2) is 60.9 Å². The highest BCUT2D eigenvalue weighted by atomic mass is 16.2. The molecule has 9 nitrogen and oxygen atoms in total. The molecule has 1 aliphatic rings. The highest BCUT2D eigenvalue weighted by Crippen LogP contribution is 2.14. The van der Waals surface area contributed by atoms with Gasteiger partial charge in [-0.15, -0.1) is 10.2 Å². The normalized spacial score (nSPS) is 13.9. The van der Waals surface area contributed by atoms with E-state index in [0.717, 1.165) is 5.82 Å². The van der Waals surface area contributed by atoms with E-state index in [9.17, 15) is 9.59 Å². The van der Waals surface area contributed by atoms with E-state index in [1.807, 2.05) is 30.5 Å². The lowest BCUT2D eigenvalue weighted by molar-refractivity contribution is -0.130. The summed E-state index contributed by atoms with van der Waals surface area (Å²) < 4.78 is 1.65. The van der Waals surface area contributed by atoms with Crippen LogP contribution >= 0.6 is 0 Å². The van der Waals surface area contributed by atoms with Crippen LogP contribution in [-0.4, -0.2) is 69.4 Å². The van der Waals surface area contributed by atoms with Crippen molar-refractivity contribution >= 4 is 17.6 Å². The third kappa shape index (κ3) is 4.40. The van der Waals surface area contributed by atoms with Gasteiger partial charge >= 0.3 is 0 Å². The molecule has 0 saturated carbocycles. The van der Waals surface area contributed by atoms with Crippen molar-refractivity contribution in [3.8, 4) is 5.82 Å². The number of aromatic nitrogens is 4. The van der Waals surface area contributed by atoms with Crippen LogP contribution in [0.3, 0.4) is 0 Å². The van der Waals surface area contributed by atoms with Gasteiger partial charge in [0.05, 0.1) is 6.54 Å². The zero-order chi connectivity index (χ0) is 20.1. The summed E-state index contributed by atoms with van der Waals surface area (Å²) in [6.07, 6.45) is 3.50. The zero-order valence-electron chi connectivity index (χ0n) is 15.8. The molecule has 1 aromatic carbocycles. The summed E-state index contributed by atoms with van der Waals surface area (Å²) in [5.74, 6) is 1.09. The number of carbonyl (C=O) groups is 2. The summed E-state index contributed by atoms with van der Waals surface area (Å²) in [7, 11) is 0. The van der Waals surface area contributed by atoms with Gasteiger partial charge in [0.2, 0.25) is 5.91 Å². The van der Waals surface area contributed by atoms with E-state index < -0.39 is 0 Å². The van der Waals surface area contributed by atoms with Crippen molar-refractivity contribution in [1.29, 1.82) is 0 Å². The molecular weight excluding hydrogens is 370 g/mol. The van der Waals surface area contributed by atoms with Crippen molar-refractivity contribution in [1.82, 2.24) is 30.2 Å². The molecule has 0 bridgehead atoms. The monoisotopic (exact) mass is 391 g/mol. The Morgan fingerprint density at radius 3 is 2.28 bits per heavy atom. The van der Waals surface area contributed by atoms with Crippen molar-refractivity contribution in [2.45, 2.75) is 0 Å². The fourth-order valence-corrected chi connectivity index (χ4v) is 3.16. The molecular formula is C20H21N7O2. The van der Waals surface area contributed by atoms with E-state index in [0.29, 0.717) is 37.6 Å². The maximum absolute atomic E-state index is 12.4. The maximum atomic E-state index is 12.4. The molecule has 1 N–H and O–H groups in total. The Kier molecular flexibility index (Phi) is 5.46. The van der Waals surface area contributed by atoms with Gasteiger partial charge in [-0.1, -0.05) is 18.2 Å². The van der Waals surface area contributed by atoms with Crippen LogP contribution in [0.1, 0.15) is 10.4 Å². The van der Waals surface area contributed by atoms with E-state index in [2.05, 4.69) is 25.5 Å². The second-order valence-electron chi connectivity index (χ2n) is 6.62. The largest absolute Gasteiger partial charge is 0.352 e. The highest BCUT2D eigenvalue weighted by Gasteiger charge is 2.22. The summed E-state index contributed by atoms with van der Waals surface area (Å²) in [6, 6.07) is 14.5. The lowest BCUT2D eigenvalue weighted by Gasteiger charge is -2.35. The van der Waals surface area contributed by atoms with E-state index in [1.165, 1.54) is 0 Å². The first-order valence-electron chi connectivity index (χ1n) is 9.40. The molecule has 1 saturated heterocycles. The first-order valence-corrected chi connectivity index (χ1v) is 9.40. The van der Waals surface area contributed by atoms with Crippen LogP contribution in [0.4, 0.5) is 5.82 Å². The van der Waals surface area contributed by atoms with Gasteiger partial charge in [-0.05, 0) is 30.3 Å². The van der Waals surface area contributed by atoms with Gasteiger partial charge in [-0.25, -0.2) is 4.68 Å². The zero-order valence-corrected chi connectivity index (χ0v) is 15.8. The van der Waals surface area contributed by atoms with Crippen LogP contribution in [0.2, 0.25) is 0 Å². The predicted molar refractivity (Wildman–Crippen MR) is 107 cm³/mol. The molecule has 0 aliphatic carbocycles. The van der Waals surface area contributed by atoms with Gasteiger partial charge in [-0.3, -0.25) is 9.59 Å². The van der Waals surface area contributed by atoms with Crippen LogP contribution in [-0.2, 0) is 4.79 Å². The molecule has 2 aromatic heterocycles. The number of nitrogens with zero attached hydrogens (tertiary/aromatic N) is 6. The first kappa shape index (κ1) is 18.6. The Balaban J connectivity index is 1.26. The van der Waals surface area contributed by atoms with Crippen molar-refractivity contribution in [3.63, 3.8) is 0 Å². The van der Waals surface area contributed by atoms with Crippen LogP contribution in [0.5, 0.6) is 0 Å². The molecule has 3 aromatic rings. The Hall–Kier alpha value is -3.75. The molecule has 0 radical (unpaired) electrons. The van der Waals surface area contributed by atoms with E-state index >= 15 is 0 Å². The number of anilines is 1. The number of amides is 2. The first-order chi connectivity index (χ1) is 14.2. The van der Waals surface area contributed by atoms with Crippen molar-refractivity contribution < 1.29 is 9.59 Å². The summed E-state index contributed by atoms with van der Waals surface area (Å²) >= 11 is 0. The fourth-order valence-electron chi connectivity index (χ4n) is 3.16. The lowest BCUT2D eigenvalue weighted by Crippen LogP contribution is -2.51. The minimum Gasteiger partial charge on any atom is -0.352 e. The summed E-state index contributed by atoms with van der Waals surface area (Å²) in [5.41, 5.74) is 0.544. The summed E-state index contributed by atoms with van der Waals surface area (Å²) in [4.78, 5) is 28.3. The SMILES string of the molecule is O=C(NCC(=O)N1CCN(c2ccc(-n3cccn3)nn2)CC1)c1ccccc1. The highest BCUT2D eigenvalue weighted by molar-refractivity contribution is 5.96. The number of carbonyl (C=O) groups excluding carboxylic acids is 2. The average Bonchev–Trinajstić information content (AvgIpc) is 3.33. The minimum atomic E-state index is -0.245. The molecule has 1 aliphatic heterocycles. The van der Waals surface area contributed by atoms with E-state index in [-0.39, 0.29) is 18.4 Å². The second-order valence-corrected chi connectivity index (χ2v) is 6.62. The number of piperazine rings is 1. The molecule has 2 amide bonds. The summed E-state index contributed by atoms with van der Waals surface area (Å²) in [6.45, 7) is 2.46. The van der Waals surface area contributed by atoms with Gasteiger partial charge in [0.1, 0.15) is 0 Å². The Bertz CT molecular complexity index is 950. The Morgan fingerprint density at radius 1 is 0.897 bits per heavy atom. The Labute approximate surface area is 168 Å². The number of rotatable bonds is 5. The molecule has 0 spiro atoms. The van der Waals surface area contributed by atoms with Gasteiger partial charge in [0.25, 0.3) is 5.91 Å². The molecule has 1 fully saturated rings. The fraction of sp³-hybridized carbons (Fsp3) is 0.250. The van der Waals surface area contributed by atoms with Crippen LogP contribution in [0, 0.1) is 0 Å². The standard InChI is InChI=1S/C20H21N7O2/c28-19(15-21-20(29)16-5-2-1-3-6-16)26-13-11-25(12-14-26)17-7-8-18(24-23-17)27-10-4-9-22-27/h1-10H,11-15H2,(H,21,29). The predicted octanol–water partition coefficient (Wildman–Crippen LogP) is 0.741. The summed E-state index contributed by atoms with van der Waals surface area (Å²) in [5, 5.41) is 15.3. The molecule has 0 atom stereocenters. The number of hydrogen-bond donors (Lipinski definition) is 1. The third-order valence-corrected chi connectivity index (χ3v) is 4.77. The average molecular weight is 391 g/mol. The smallest absolute Gasteiger partial charge is 0.251 e. The van der Waals surface area contributed by atoms with Crippen LogP contribution < -0.4 is 10.2 Å².